The van der Waals surface area contributed by atoms with Gasteiger partial charge in [-0.3, -0.25) is 0 Å². The van der Waals surface area contributed by atoms with Gasteiger partial charge < -0.3 is 5.32 Å². The zero-order chi connectivity index (χ0) is 12.3. The molecule has 1 aliphatic rings. The van der Waals surface area contributed by atoms with Crippen molar-refractivity contribution in [1.29, 1.82) is 0 Å². The Kier molecular flexibility index (Phi) is 5.07. The molecule has 0 aromatic carbocycles. The summed E-state index contributed by atoms with van der Waals surface area (Å²) in [6.45, 7) is 4.63. The number of thiophene rings is 1. The third-order valence-electron chi connectivity index (χ3n) is 3.88. The maximum Gasteiger partial charge on any atom is 0.0388 e. The SMILES string of the molecule is CC(N[C@@H](C)C1CCCCC1)c1cc(Br)cs1. The number of nitrogens with one attached hydrogen (secondary N) is 1. The average molecular weight is 316 g/mol. The van der Waals surface area contributed by atoms with Gasteiger partial charge in [-0.2, -0.15) is 0 Å². The minimum Gasteiger partial charge on any atom is -0.307 e. The molecule has 1 aromatic heterocycles. The lowest BCUT2D eigenvalue weighted by Crippen LogP contribution is -2.36. The van der Waals surface area contributed by atoms with E-state index in [4.69, 9.17) is 0 Å². The van der Waals surface area contributed by atoms with Crippen molar-refractivity contribution in [2.24, 2.45) is 5.92 Å². The second-order valence-electron chi connectivity index (χ2n) is 5.24. The van der Waals surface area contributed by atoms with Crippen molar-refractivity contribution in [1.82, 2.24) is 5.32 Å². The third kappa shape index (κ3) is 3.80. The zero-order valence-electron chi connectivity index (χ0n) is 10.7. The van der Waals surface area contributed by atoms with Crippen LogP contribution in [0.3, 0.4) is 0 Å². The molecule has 0 spiro atoms. The summed E-state index contributed by atoms with van der Waals surface area (Å²) in [5.74, 6) is 0.884. The van der Waals surface area contributed by atoms with Crippen LogP contribution >= 0.6 is 27.3 Å². The summed E-state index contributed by atoms with van der Waals surface area (Å²) in [5, 5.41) is 5.93. The van der Waals surface area contributed by atoms with Gasteiger partial charge in [0.05, 0.1) is 0 Å². The molecule has 2 atom stereocenters. The molecule has 1 aromatic rings. The Balaban J connectivity index is 1.87. The highest BCUT2D eigenvalue weighted by atomic mass is 79.9. The number of halogens is 1. The maximum atomic E-state index is 3.77. The molecule has 0 aliphatic heterocycles. The highest BCUT2D eigenvalue weighted by Crippen LogP contribution is 2.29. The minimum absolute atomic E-state index is 0.475. The van der Waals surface area contributed by atoms with E-state index in [9.17, 15) is 0 Å². The van der Waals surface area contributed by atoms with Crippen LogP contribution in [0.5, 0.6) is 0 Å². The van der Waals surface area contributed by atoms with Crippen molar-refractivity contribution in [3.05, 3.63) is 20.8 Å². The van der Waals surface area contributed by atoms with Gasteiger partial charge in [0.25, 0.3) is 0 Å². The van der Waals surface area contributed by atoms with E-state index in [2.05, 4.69) is 46.5 Å². The molecule has 3 heteroatoms. The topological polar surface area (TPSA) is 12.0 Å². The lowest BCUT2D eigenvalue weighted by molar-refractivity contribution is 0.269. The summed E-state index contributed by atoms with van der Waals surface area (Å²) in [4.78, 5) is 1.43. The fourth-order valence-corrected chi connectivity index (χ4v) is 4.26. The van der Waals surface area contributed by atoms with Gasteiger partial charge in [-0.25, -0.2) is 0 Å². The normalized spacial score (nSPS) is 21.4. The van der Waals surface area contributed by atoms with Gasteiger partial charge in [-0.15, -0.1) is 11.3 Å². The quantitative estimate of drug-likeness (QED) is 0.812. The molecular formula is C14H22BrNS. The Bertz CT molecular complexity index is 344. The summed E-state index contributed by atoms with van der Waals surface area (Å²) in [5.41, 5.74) is 0. The summed E-state index contributed by atoms with van der Waals surface area (Å²) >= 11 is 5.36. The standard InChI is InChI=1S/C14H22BrNS/c1-10(12-6-4-3-5-7-12)16-11(2)14-8-13(15)9-17-14/h8-12,16H,3-7H2,1-2H3/t10-,11?/m0/s1. The van der Waals surface area contributed by atoms with Crippen LogP contribution in [-0.4, -0.2) is 6.04 Å². The second kappa shape index (κ2) is 6.35. The van der Waals surface area contributed by atoms with Crippen LogP contribution in [0.1, 0.15) is 56.9 Å². The van der Waals surface area contributed by atoms with E-state index in [-0.39, 0.29) is 0 Å². The van der Waals surface area contributed by atoms with Crippen LogP contribution in [0.4, 0.5) is 0 Å². The van der Waals surface area contributed by atoms with Crippen LogP contribution in [-0.2, 0) is 0 Å². The molecule has 1 saturated carbocycles. The Morgan fingerprint density at radius 1 is 1.29 bits per heavy atom. The van der Waals surface area contributed by atoms with E-state index in [1.807, 2.05) is 11.3 Å². The Hall–Kier alpha value is 0.140. The molecular weight excluding hydrogens is 294 g/mol. The monoisotopic (exact) mass is 315 g/mol. The van der Waals surface area contributed by atoms with E-state index in [0.29, 0.717) is 12.1 Å². The van der Waals surface area contributed by atoms with Crippen molar-refractivity contribution < 1.29 is 0 Å². The third-order valence-corrected chi connectivity index (χ3v) is 5.76. The zero-order valence-corrected chi connectivity index (χ0v) is 13.1. The van der Waals surface area contributed by atoms with Gasteiger partial charge in [0, 0.05) is 26.8 Å². The molecule has 1 unspecified atom stereocenters. The number of hydrogen-bond acceptors (Lipinski definition) is 2. The molecule has 1 fully saturated rings. The Morgan fingerprint density at radius 2 is 2.00 bits per heavy atom. The minimum atomic E-state index is 0.475. The molecule has 1 nitrogen and oxygen atoms in total. The molecule has 1 N–H and O–H groups in total. The fraction of sp³-hybridized carbons (Fsp3) is 0.714. The predicted octanol–water partition coefficient (Wildman–Crippen LogP) is 5.13. The molecule has 2 rings (SSSR count). The molecule has 0 amide bonds. The largest absolute Gasteiger partial charge is 0.307 e. The Morgan fingerprint density at radius 3 is 2.59 bits per heavy atom. The van der Waals surface area contributed by atoms with Crippen molar-refractivity contribution in [3.63, 3.8) is 0 Å². The van der Waals surface area contributed by atoms with Crippen molar-refractivity contribution in [2.45, 2.75) is 58.0 Å². The van der Waals surface area contributed by atoms with Gasteiger partial charge in [-0.05, 0) is 54.6 Å². The molecule has 0 saturated heterocycles. The van der Waals surface area contributed by atoms with Crippen LogP contribution < -0.4 is 5.32 Å². The smallest absolute Gasteiger partial charge is 0.0388 e. The molecule has 17 heavy (non-hydrogen) atoms. The average Bonchev–Trinajstić information content (AvgIpc) is 2.77. The highest BCUT2D eigenvalue weighted by Gasteiger charge is 2.21. The van der Waals surface area contributed by atoms with E-state index < -0.39 is 0 Å². The van der Waals surface area contributed by atoms with Crippen LogP contribution in [0.25, 0.3) is 0 Å². The van der Waals surface area contributed by atoms with Gasteiger partial charge >= 0.3 is 0 Å². The predicted molar refractivity (Wildman–Crippen MR) is 79.6 cm³/mol. The van der Waals surface area contributed by atoms with E-state index in [1.165, 1.54) is 41.5 Å². The molecule has 96 valence electrons. The number of hydrogen-bond donors (Lipinski definition) is 1. The van der Waals surface area contributed by atoms with Gasteiger partial charge in [-0.1, -0.05) is 19.3 Å². The molecule has 0 radical (unpaired) electrons. The van der Waals surface area contributed by atoms with Gasteiger partial charge in [0.1, 0.15) is 0 Å². The molecule has 0 bridgehead atoms. The van der Waals surface area contributed by atoms with Crippen LogP contribution in [0.15, 0.2) is 15.9 Å². The van der Waals surface area contributed by atoms with Crippen LogP contribution in [0.2, 0.25) is 0 Å². The first kappa shape index (κ1) is 13.6. The first-order valence-electron chi connectivity index (χ1n) is 6.67. The number of rotatable bonds is 4. The molecule has 1 aliphatic carbocycles. The first-order chi connectivity index (χ1) is 8.16. The van der Waals surface area contributed by atoms with E-state index in [0.717, 1.165) is 5.92 Å². The summed E-state index contributed by atoms with van der Waals surface area (Å²) in [6.07, 6.45) is 7.12. The van der Waals surface area contributed by atoms with Gasteiger partial charge in [0.15, 0.2) is 0 Å². The second-order valence-corrected chi connectivity index (χ2v) is 7.10. The van der Waals surface area contributed by atoms with E-state index >= 15 is 0 Å². The first-order valence-corrected chi connectivity index (χ1v) is 8.34. The van der Waals surface area contributed by atoms with Crippen molar-refractivity contribution >= 4 is 27.3 Å². The van der Waals surface area contributed by atoms with E-state index in [1.54, 1.807) is 0 Å². The maximum absolute atomic E-state index is 3.77. The Labute approximate surface area is 117 Å². The lowest BCUT2D eigenvalue weighted by Gasteiger charge is -2.30. The fourth-order valence-electron chi connectivity index (χ4n) is 2.80. The highest BCUT2D eigenvalue weighted by molar-refractivity contribution is 9.10. The van der Waals surface area contributed by atoms with Crippen LogP contribution in [0, 0.1) is 5.92 Å². The summed E-state index contributed by atoms with van der Waals surface area (Å²) < 4.78 is 1.21. The molecule has 1 heterocycles. The summed E-state index contributed by atoms with van der Waals surface area (Å²) in [6, 6.07) is 3.35. The van der Waals surface area contributed by atoms with Crippen molar-refractivity contribution in [2.75, 3.05) is 0 Å². The van der Waals surface area contributed by atoms with Crippen molar-refractivity contribution in [3.8, 4) is 0 Å². The lowest BCUT2D eigenvalue weighted by atomic mass is 9.84. The van der Waals surface area contributed by atoms with Gasteiger partial charge in [0.2, 0.25) is 0 Å². The summed E-state index contributed by atoms with van der Waals surface area (Å²) in [7, 11) is 0.